The average molecular weight is 234 g/mol. The van der Waals surface area contributed by atoms with E-state index in [1.54, 1.807) is 0 Å². The Morgan fingerprint density at radius 1 is 1.20 bits per heavy atom. The van der Waals surface area contributed by atoms with E-state index in [0.717, 1.165) is 31.4 Å². The van der Waals surface area contributed by atoms with Crippen molar-refractivity contribution in [1.29, 1.82) is 0 Å². The Morgan fingerprint density at radius 3 is 2.27 bits per heavy atom. The molecule has 0 aliphatic carbocycles. The standard InChI is InChI=1S/C11H22O3S/c1-9(2)10(11(13)14)15-8-6-4-3-5-7-12/h9-10,12H,3-8H2,1-2H3,(H,13,14). The minimum absolute atomic E-state index is 0.185. The molecule has 0 aliphatic rings. The van der Waals surface area contributed by atoms with Gasteiger partial charge in [0, 0.05) is 6.61 Å². The quantitative estimate of drug-likeness (QED) is 0.601. The van der Waals surface area contributed by atoms with Crippen molar-refractivity contribution in [3.63, 3.8) is 0 Å². The highest BCUT2D eigenvalue weighted by molar-refractivity contribution is 8.00. The van der Waals surface area contributed by atoms with Gasteiger partial charge in [-0.2, -0.15) is 0 Å². The predicted molar refractivity (Wildman–Crippen MR) is 64.3 cm³/mol. The van der Waals surface area contributed by atoms with Crippen LogP contribution in [0.5, 0.6) is 0 Å². The smallest absolute Gasteiger partial charge is 0.316 e. The molecule has 0 saturated heterocycles. The highest BCUT2D eigenvalue weighted by atomic mass is 32.2. The SMILES string of the molecule is CC(C)C(SCCCCCCO)C(=O)O. The molecule has 4 heteroatoms. The van der Waals surface area contributed by atoms with Crippen LogP contribution in [0.15, 0.2) is 0 Å². The van der Waals surface area contributed by atoms with Gasteiger partial charge in [0.15, 0.2) is 0 Å². The van der Waals surface area contributed by atoms with Crippen molar-refractivity contribution in [3.05, 3.63) is 0 Å². The van der Waals surface area contributed by atoms with E-state index in [1.807, 2.05) is 13.8 Å². The number of carboxylic acids is 1. The van der Waals surface area contributed by atoms with Crippen LogP contribution >= 0.6 is 11.8 Å². The molecule has 0 radical (unpaired) electrons. The van der Waals surface area contributed by atoms with Gasteiger partial charge in [-0.3, -0.25) is 4.79 Å². The first-order valence-corrected chi connectivity index (χ1v) is 6.59. The molecule has 15 heavy (non-hydrogen) atoms. The number of aliphatic carboxylic acids is 1. The average Bonchev–Trinajstić information content (AvgIpc) is 2.15. The van der Waals surface area contributed by atoms with Gasteiger partial charge < -0.3 is 10.2 Å². The Bertz CT molecular complexity index is 171. The van der Waals surface area contributed by atoms with Crippen LogP contribution in [0.25, 0.3) is 0 Å². The number of thioether (sulfide) groups is 1. The van der Waals surface area contributed by atoms with E-state index in [9.17, 15) is 4.79 Å². The predicted octanol–water partition coefficient (Wildman–Crippen LogP) is 2.38. The van der Waals surface area contributed by atoms with E-state index < -0.39 is 5.97 Å². The molecule has 3 nitrogen and oxygen atoms in total. The van der Waals surface area contributed by atoms with Crippen LogP contribution in [0.4, 0.5) is 0 Å². The molecular formula is C11H22O3S. The second-order valence-corrected chi connectivity index (χ2v) is 5.26. The van der Waals surface area contributed by atoms with E-state index in [4.69, 9.17) is 10.2 Å². The monoisotopic (exact) mass is 234 g/mol. The minimum atomic E-state index is -0.703. The van der Waals surface area contributed by atoms with Crippen molar-refractivity contribution in [2.75, 3.05) is 12.4 Å². The van der Waals surface area contributed by atoms with Gasteiger partial charge in [-0.1, -0.05) is 26.7 Å². The summed E-state index contributed by atoms with van der Waals surface area (Å²) in [5.74, 6) is 0.385. The third-order valence-corrected chi connectivity index (χ3v) is 3.83. The van der Waals surface area contributed by atoms with Crippen molar-refractivity contribution in [1.82, 2.24) is 0 Å². The third-order valence-electron chi connectivity index (χ3n) is 2.20. The zero-order chi connectivity index (χ0) is 11.7. The summed E-state index contributed by atoms with van der Waals surface area (Å²) < 4.78 is 0. The van der Waals surface area contributed by atoms with Crippen molar-refractivity contribution in [3.8, 4) is 0 Å². The van der Waals surface area contributed by atoms with E-state index >= 15 is 0 Å². The van der Waals surface area contributed by atoms with Crippen LogP contribution in [0.2, 0.25) is 0 Å². The first-order valence-electron chi connectivity index (χ1n) is 5.55. The lowest BCUT2D eigenvalue weighted by Crippen LogP contribution is -2.22. The number of hydrogen-bond acceptors (Lipinski definition) is 3. The fourth-order valence-corrected chi connectivity index (χ4v) is 2.48. The normalized spacial score (nSPS) is 13.1. The van der Waals surface area contributed by atoms with Crippen molar-refractivity contribution in [2.45, 2.75) is 44.8 Å². The Labute approximate surface area is 96.3 Å². The number of hydrogen-bond donors (Lipinski definition) is 2. The molecule has 0 saturated carbocycles. The van der Waals surface area contributed by atoms with Crippen LogP contribution in [0.1, 0.15) is 39.5 Å². The topological polar surface area (TPSA) is 57.5 Å². The van der Waals surface area contributed by atoms with E-state index in [-0.39, 0.29) is 17.8 Å². The first kappa shape index (κ1) is 14.8. The van der Waals surface area contributed by atoms with Crippen LogP contribution in [-0.4, -0.2) is 33.8 Å². The molecule has 0 aliphatic heterocycles. The molecular weight excluding hydrogens is 212 g/mol. The molecule has 0 aromatic carbocycles. The number of unbranched alkanes of at least 4 members (excludes halogenated alkanes) is 3. The Hall–Kier alpha value is -0.220. The van der Waals surface area contributed by atoms with E-state index in [0.29, 0.717) is 0 Å². The van der Waals surface area contributed by atoms with E-state index in [1.165, 1.54) is 11.8 Å². The van der Waals surface area contributed by atoms with Crippen LogP contribution in [0, 0.1) is 5.92 Å². The largest absolute Gasteiger partial charge is 0.480 e. The molecule has 0 heterocycles. The van der Waals surface area contributed by atoms with Gasteiger partial charge in [0.2, 0.25) is 0 Å². The molecule has 0 rings (SSSR count). The highest BCUT2D eigenvalue weighted by Crippen LogP contribution is 2.21. The Morgan fingerprint density at radius 2 is 1.80 bits per heavy atom. The number of carbonyl (C=O) groups is 1. The molecule has 0 fully saturated rings. The number of aliphatic hydroxyl groups is 1. The first-order chi connectivity index (χ1) is 7.09. The maximum Gasteiger partial charge on any atom is 0.316 e. The van der Waals surface area contributed by atoms with Gasteiger partial charge in [-0.25, -0.2) is 0 Å². The lowest BCUT2D eigenvalue weighted by molar-refractivity contribution is -0.137. The number of rotatable bonds is 9. The summed E-state index contributed by atoms with van der Waals surface area (Å²) in [6, 6.07) is 0. The van der Waals surface area contributed by atoms with Gasteiger partial charge in [0.25, 0.3) is 0 Å². The third kappa shape index (κ3) is 7.68. The maximum absolute atomic E-state index is 10.9. The lowest BCUT2D eigenvalue weighted by atomic mass is 10.1. The maximum atomic E-state index is 10.9. The second-order valence-electron chi connectivity index (χ2n) is 4.01. The highest BCUT2D eigenvalue weighted by Gasteiger charge is 2.20. The molecule has 1 unspecified atom stereocenters. The fraction of sp³-hybridized carbons (Fsp3) is 0.909. The molecule has 2 N–H and O–H groups in total. The zero-order valence-corrected chi connectivity index (χ0v) is 10.4. The molecule has 1 atom stereocenters. The van der Waals surface area contributed by atoms with Gasteiger partial charge >= 0.3 is 5.97 Å². The molecule has 0 aromatic heterocycles. The summed E-state index contributed by atoms with van der Waals surface area (Å²) in [6.07, 6.45) is 4.02. The van der Waals surface area contributed by atoms with Crippen molar-refractivity contribution >= 4 is 17.7 Å². The zero-order valence-electron chi connectivity index (χ0n) is 9.61. The van der Waals surface area contributed by atoms with Crippen LogP contribution in [0.3, 0.4) is 0 Å². The summed E-state index contributed by atoms with van der Waals surface area (Å²) in [5, 5.41) is 17.2. The fourth-order valence-electron chi connectivity index (χ4n) is 1.33. The van der Waals surface area contributed by atoms with Crippen LogP contribution < -0.4 is 0 Å². The molecule has 0 bridgehead atoms. The van der Waals surface area contributed by atoms with Gasteiger partial charge in [-0.05, 0) is 24.5 Å². The number of aliphatic hydroxyl groups excluding tert-OH is 1. The second kappa shape index (κ2) is 9.04. The molecule has 0 amide bonds. The van der Waals surface area contributed by atoms with Crippen molar-refractivity contribution in [2.24, 2.45) is 5.92 Å². The summed E-state index contributed by atoms with van der Waals surface area (Å²) in [5.41, 5.74) is 0. The summed E-state index contributed by atoms with van der Waals surface area (Å²) >= 11 is 1.53. The summed E-state index contributed by atoms with van der Waals surface area (Å²) in [7, 11) is 0. The van der Waals surface area contributed by atoms with E-state index in [2.05, 4.69) is 0 Å². The molecule has 0 spiro atoms. The molecule has 90 valence electrons. The number of carboxylic acid groups (broad SMARTS) is 1. The lowest BCUT2D eigenvalue weighted by Gasteiger charge is -2.15. The van der Waals surface area contributed by atoms with Gasteiger partial charge in [0.1, 0.15) is 5.25 Å². The Kier molecular flexibility index (Phi) is 8.91. The summed E-state index contributed by atoms with van der Waals surface area (Å²) in [6.45, 7) is 4.14. The summed E-state index contributed by atoms with van der Waals surface area (Å²) in [4.78, 5) is 10.9. The Balaban J connectivity index is 3.50. The van der Waals surface area contributed by atoms with Crippen LogP contribution in [-0.2, 0) is 4.79 Å². The van der Waals surface area contributed by atoms with Gasteiger partial charge in [-0.15, -0.1) is 11.8 Å². The molecule has 0 aromatic rings. The minimum Gasteiger partial charge on any atom is -0.480 e. The van der Waals surface area contributed by atoms with Gasteiger partial charge in [0.05, 0.1) is 0 Å². The van der Waals surface area contributed by atoms with Crippen molar-refractivity contribution < 1.29 is 15.0 Å².